The van der Waals surface area contributed by atoms with Gasteiger partial charge in [-0.15, -0.1) is 11.6 Å². The van der Waals surface area contributed by atoms with Crippen LogP contribution in [0.1, 0.15) is 21.3 Å². The highest BCUT2D eigenvalue weighted by Gasteiger charge is 2.19. The van der Waals surface area contributed by atoms with Crippen molar-refractivity contribution in [3.05, 3.63) is 65.7 Å². The highest BCUT2D eigenvalue weighted by atomic mass is 35.5. The molecule has 1 unspecified atom stereocenters. The summed E-state index contributed by atoms with van der Waals surface area (Å²) >= 11 is 6.16. The van der Waals surface area contributed by atoms with Crippen LogP contribution in [0.2, 0.25) is 0 Å². The Morgan fingerprint density at radius 1 is 1.00 bits per heavy atom. The van der Waals surface area contributed by atoms with E-state index in [-0.39, 0.29) is 11.8 Å². The molecule has 2 rings (SSSR count). The average molecular weight is 303 g/mol. The van der Waals surface area contributed by atoms with Crippen LogP contribution in [0.15, 0.2) is 54.6 Å². The summed E-state index contributed by atoms with van der Waals surface area (Å²) in [4.78, 5) is 24.0. The number of rotatable bonds is 4. The molecule has 0 aliphatic carbocycles. The zero-order valence-electron chi connectivity index (χ0n) is 11.5. The summed E-state index contributed by atoms with van der Waals surface area (Å²) in [5.74, 6) is -0.643. The van der Waals surface area contributed by atoms with Gasteiger partial charge < -0.3 is 10.6 Å². The van der Waals surface area contributed by atoms with E-state index in [2.05, 4.69) is 10.6 Å². The van der Waals surface area contributed by atoms with Gasteiger partial charge in [0.1, 0.15) is 5.38 Å². The normalized spacial score (nSPS) is 11.5. The fourth-order valence-electron chi connectivity index (χ4n) is 1.89. The third-order valence-electron chi connectivity index (χ3n) is 2.98. The number of carbonyl (C=O) groups is 2. The fourth-order valence-corrected chi connectivity index (χ4v) is 2.09. The number of carbonyl (C=O) groups excluding carboxylic acids is 2. The van der Waals surface area contributed by atoms with Crippen molar-refractivity contribution < 1.29 is 9.59 Å². The van der Waals surface area contributed by atoms with E-state index in [1.54, 1.807) is 36.4 Å². The first-order valence-corrected chi connectivity index (χ1v) is 6.88. The monoisotopic (exact) mass is 302 g/mol. The van der Waals surface area contributed by atoms with E-state index in [0.29, 0.717) is 16.8 Å². The van der Waals surface area contributed by atoms with E-state index < -0.39 is 5.38 Å². The van der Waals surface area contributed by atoms with Gasteiger partial charge in [-0.1, -0.05) is 42.5 Å². The third-order valence-corrected chi connectivity index (χ3v) is 3.43. The van der Waals surface area contributed by atoms with Gasteiger partial charge in [-0.2, -0.15) is 0 Å². The quantitative estimate of drug-likeness (QED) is 0.853. The highest BCUT2D eigenvalue weighted by Crippen LogP contribution is 2.23. The lowest BCUT2D eigenvalue weighted by atomic mass is 10.1. The SMILES string of the molecule is CNC(=O)c1ccccc1NC(=O)C(Cl)c1ccccc1. The molecule has 0 radical (unpaired) electrons. The van der Waals surface area contributed by atoms with Crippen molar-refractivity contribution in [1.82, 2.24) is 5.32 Å². The van der Waals surface area contributed by atoms with Gasteiger partial charge in [0.25, 0.3) is 5.91 Å². The molecule has 0 fully saturated rings. The average Bonchev–Trinajstić information content (AvgIpc) is 2.54. The molecule has 0 aromatic heterocycles. The smallest absolute Gasteiger partial charge is 0.253 e. The molecule has 2 aromatic carbocycles. The zero-order valence-corrected chi connectivity index (χ0v) is 12.2. The lowest BCUT2D eigenvalue weighted by molar-refractivity contribution is -0.116. The van der Waals surface area contributed by atoms with Crippen LogP contribution >= 0.6 is 11.6 Å². The van der Waals surface area contributed by atoms with E-state index in [0.717, 1.165) is 0 Å². The fraction of sp³-hybridized carbons (Fsp3) is 0.125. The van der Waals surface area contributed by atoms with Gasteiger partial charge in [0.2, 0.25) is 5.91 Å². The van der Waals surface area contributed by atoms with E-state index in [1.165, 1.54) is 7.05 Å². The van der Waals surface area contributed by atoms with Crippen molar-refractivity contribution in [2.45, 2.75) is 5.38 Å². The second-order valence-corrected chi connectivity index (χ2v) is 4.82. The molecule has 0 aliphatic heterocycles. The number of benzene rings is 2. The lowest BCUT2D eigenvalue weighted by Crippen LogP contribution is -2.23. The Hall–Kier alpha value is -2.33. The number of nitrogens with one attached hydrogen (secondary N) is 2. The maximum absolute atomic E-state index is 12.2. The first kappa shape index (κ1) is 15.1. The van der Waals surface area contributed by atoms with Gasteiger partial charge in [0, 0.05) is 7.05 Å². The minimum absolute atomic E-state index is 0.267. The summed E-state index contributed by atoms with van der Waals surface area (Å²) in [7, 11) is 1.54. The summed E-state index contributed by atoms with van der Waals surface area (Å²) in [5.41, 5.74) is 1.53. The first-order chi connectivity index (χ1) is 10.1. The number of hydrogen-bond donors (Lipinski definition) is 2. The van der Waals surface area contributed by atoms with Crippen LogP contribution in [0.4, 0.5) is 5.69 Å². The molecule has 5 heteroatoms. The van der Waals surface area contributed by atoms with Crippen molar-refractivity contribution in [2.24, 2.45) is 0 Å². The van der Waals surface area contributed by atoms with E-state index in [1.807, 2.05) is 18.2 Å². The Labute approximate surface area is 128 Å². The van der Waals surface area contributed by atoms with Crippen molar-refractivity contribution in [3.8, 4) is 0 Å². The molecule has 0 bridgehead atoms. The van der Waals surface area contributed by atoms with Crippen LogP contribution in [0.5, 0.6) is 0 Å². The Bertz CT molecular complexity index is 644. The summed E-state index contributed by atoms with van der Waals surface area (Å²) in [5, 5.41) is 4.41. The molecule has 2 aromatic rings. The number of hydrogen-bond acceptors (Lipinski definition) is 2. The van der Waals surface area contributed by atoms with Crippen LogP contribution in [-0.4, -0.2) is 18.9 Å². The predicted octanol–water partition coefficient (Wildman–Crippen LogP) is 2.96. The van der Waals surface area contributed by atoms with Crippen LogP contribution in [-0.2, 0) is 4.79 Å². The van der Waals surface area contributed by atoms with Crippen LogP contribution in [0, 0.1) is 0 Å². The van der Waals surface area contributed by atoms with Gasteiger partial charge >= 0.3 is 0 Å². The second-order valence-electron chi connectivity index (χ2n) is 4.39. The van der Waals surface area contributed by atoms with Crippen molar-refractivity contribution >= 4 is 29.1 Å². The van der Waals surface area contributed by atoms with Gasteiger partial charge in [-0.05, 0) is 17.7 Å². The van der Waals surface area contributed by atoms with E-state index in [9.17, 15) is 9.59 Å². The zero-order chi connectivity index (χ0) is 15.2. The Balaban J connectivity index is 2.19. The van der Waals surface area contributed by atoms with Crippen molar-refractivity contribution in [2.75, 3.05) is 12.4 Å². The van der Waals surface area contributed by atoms with Gasteiger partial charge in [-0.25, -0.2) is 0 Å². The Kier molecular flexibility index (Phi) is 4.95. The Morgan fingerprint density at radius 2 is 1.62 bits per heavy atom. The van der Waals surface area contributed by atoms with Gasteiger partial charge in [0.15, 0.2) is 0 Å². The maximum Gasteiger partial charge on any atom is 0.253 e. The molecular weight excluding hydrogens is 288 g/mol. The number of anilines is 1. The molecule has 0 heterocycles. The molecule has 4 nitrogen and oxygen atoms in total. The highest BCUT2D eigenvalue weighted by molar-refractivity contribution is 6.32. The molecule has 21 heavy (non-hydrogen) atoms. The largest absolute Gasteiger partial charge is 0.355 e. The van der Waals surface area contributed by atoms with Crippen LogP contribution in [0.25, 0.3) is 0 Å². The number of amides is 2. The molecule has 2 N–H and O–H groups in total. The maximum atomic E-state index is 12.2. The molecule has 108 valence electrons. The first-order valence-electron chi connectivity index (χ1n) is 6.44. The van der Waals surface area contributed by atoms with Gasteiger partial charge in [-0.3, -0.25) is 9.59 Å². The van der Waals surface area contributed by atoms with Crippen molar-refractivity contribution in [3.63, 3.8) is 0 Å². The number of alkyl halides is 1. The van der Waals surface area contributed by atoms with E-state index in [4.69, 9.17) is 11.6 Å². The van der Waals surface area contributed by atoms with Crippen LogP contribution in [0.3, 0.4) is 0 Å². The molecule has 2 amide bonds. The minimum Gasteiger partial charge on any atom is -0.355 e. The second kappa shape index (κ2) is 6.90. The van der Waals surface area contributed by atoms with Crippen LogP contribution < -0.4 is 10.6 Å². The standard InChI is InChI=1S/C16H15ClN2O2/c1-18-15(20)12-9-5-6-10-13(12)19-16(21)14(17)11-7-3-2-4-8-11/h2-10,14H,1H3,(H,18,20)(H,19,21). The summed E-state index contributed by atoms with van der Waals surface area (Å²) in [6.07, 6.45) is 0. The van der Waals surface area contributed by atoms with Gasteiger partial charge in [0.05, 0.1) is 11.3 Å². The summed E-state index contributed by atoms with van der Waals surface area (Å²) in [6, 6.07) is 15.8. The predicted molar refractivity (Wildman–Crippen MR) is 83.5 cm³/mol. The number of para-hydroxylation sites is 1. The molecule has 1 atom stereocenters. The Morgan fingerprint density at radius 3 is 2.29 bits per heavy atom. The molecular formula is C16H15ClN2O2. The summed E-state index contributed by atoms with van der Waals surface area (Å²) < 4.78 is 0. The topological polar surface area (TPSA) is 58.2 Å². The van der Waals surface area contributed by atoms with Crippen molar-refractivity contribution in [1.29, 1.82) is 0 Å². The molecule has 0 spiro atoms. The molecule has 0 saturated heterocycles. The lowest BCUT2D eigenvalue weighted by Gasteiger charge is -2.13. The summed E-state index contributed by atoms with van der Waals surface area (Å²) in [6.45, 7) is 0. The molecule has 0 saturated carbocycles. The third kappa shape index (κ3) is 3.61. The minimum atomic E-state index is -0.816. The number of halogens is 1. The molecule has 0 aliphatic rings. The van der Waals surface area contributed by atoms with E-state index >= 15 is 0 Å².